The fraction of sp³-hybridized carbons (Fsp3) is 0.889. The van der Waals surface area contributed by atoms with Crippen molar-refractivity contribution in [2.75, 3.05) is 19.6 Å². The molecular weight excluding hydrogens is 264 g/mol. The molecule has 0 saturated carbocycles. The van der Waals surface area contributed by atoms with E-state index in [2.05, 4.69) is 5.32 Å². The Morgan fingerprint density at radius 1 is 1.47 bits per heavy atom. The second-order valence-electron chi connectivity index (χ2n) is 3.82. The van der Waals surface area contributed by atoms with Crippen molar-refractivity contribution in [1.29, 1.82) is 0 Å². The summed E-state index contributed by atoms with van der Waals surface area (Å²) < 4.78 is 48.6. The second-order valence-corrected chi connectivity index (χ2v) is 3.82. The summed E-state index contributed by atoms with van der Waals surface area (Å²) in [6, 6.07) is 0. The molecule has 2 N–H and O–H groups in total. The van der Waals surface area contributed by atoms with Crippen LogP contribution in [0, 0.1) is 5.92 Å². The van der Waals surface area contributed by atoms with Crippen LogP contribution in [-0.2, 0) is 4.79 Å². The molecule has 1 heterocycles. The first-order valence-corrected chi connectivity index (χ1v) is 5.08. The molecule has 0 aromatic rings. The third kappa shape index (κ3) is 5.08. The maximum absolute atomic E-state index is 12.5. The van der Waals surface area contributed by atoms with E-state index in [9.17, 15) is 22.4 Å². The Labute approximate surface area is 103 Å². The number of hydrogen-bond acceptors (Lipinski definition) is 2. The molecule has 1 saturated heterocycles. The number of hydrogen-bond donors (Lipinski definition) is 2. The highest BCUT2D eigenvalue weighted by atomic mass is 35.5. The molecule has 1 atom stereocenters. The van der Waals surface area contributed by atoms with Crippen LogP contribution in [0.5, 0.6) is 0 Å². The van der Waals surface area contributed by atoms with Crippen molar-refractivity contribution in [1.82, 2.24) is 10.6 Å². The third-order valence-corrected chi connectivity index (χ3v) is 2.49. The van der Waals surface area contributed by atoms with Gasteiger partial charge in [-0.2, -0.15) is 8.78 Å². The summed E-state index contributed by atoms with van der Waals surface area (Å²) in [6.45, 7) is -0.108. The van der Waals surface area contributed by atoms with Gasteiger partial charge in [0.05, 0.1) is 12.5 Å². The molecular formula is C9H15ClF4N2O. The number of carbonyl (C=O) groups is 1. The molecule has 1 rings (SSSR count). The highest BCUT2D eigenvalue weighted by Crippen LogP contribution is 2.21. The average molecular weight is 279 g/mol. The van der Waals surface area contributed by atoms with Crippen LogP contribution >= 0.6 is 12.4 Å². The molecule has 0 spiro atoms. The Balaban J connectivity index is 0.00000256. The van der Waals surface area contributed by atoms with Crippen molar-refractivity contribution < 1.29 is 22.4 Å². The van der Waals surface area contributed by atoms with Crippen LogP contribution in [0.3, 0.4) is 0 Å². The van der Waals surface area contributed by atoms with E-state index in [-0.39, 0.29) is 12.4 Å². The van der Waals surface area contributed by atoms with E-state index in [1.807, 2.05) is 5.32 Å². The molecule has 8 heteroatoms. The van der Waals surface area contributed by atoms with Crippen molar-refractivity contribution in [3.63, 3.8) is 0 Å². The Morgan fingerprint density at radius 3 is 2.59 bits per heavy atom. The second kappa shape index (κ2) is 7.00. The predicted molar refractivity (Wildman–Crippen MR) is 56.8 cm³/mol. The van der Waals surface area contributed by atoms with Crippen LogP contribution in [0.4, 0.5) is 17.6 Å². The van der Waals surface area contributed by atoms with Crippen LogP contribution in [0.2, 0.25) is 0 Å². The maximum Gasteiger partial charge on any atom is 0.324 e. The van der Waals surface area contributed by atoms with Crippen molar-refractivity contribution in [2.24, 2.45) is 5.92 Å². The molecule has 1 unspecified atom stereocenters. The van der Waals surface area contributed by atoms with Gasteiger partial charge in [-0.15, -0.1) is 12.4 Å². The van der Waals surface area contributed by atoms with Crippen LogP contribution < -0.4 is 10.6 Å². The Hall–Kier alpha value is -0.560. The molecule has 17 heavy (non-hydrogen) atoms. The van der Waals surface area contributed by atoms with E-state index >= 15 is 0 Å². The van der Waals surface area contributed by atoms with Crippen molar-refractivity contribution in [2.45, 2.75) is 25.2 Å². The summed E-state index contributed by atoms with van der Waals surface area (Å²) in [6.07, 6.45) is -2.38. The molecule has 0 bridgehead atoms. The number of carbonyl (C=O) groups excluding carboxylic acids is 1. The van der Waals surface area contributed by atoms with Gasteiger partial charge in [0, 0.05) is 6.54 Å². The van der Waals surface area contributed by atoms with Gasteiger partial charge in [-0.1, -0.05) is 0 Å². The molecule has 1 fully saturated rings. The van der Waals surface area contributed by atoms with Crippen LogP contribution in [-0.4, -0.2) is 37.9 Å². The lowest BCUT2D eigenvalue weighted by molar-refractivity contribution is -0.139. The zero-order valence-corrected chi connectivity index (χ0v) is 9.84. The Kier molecular flexibility index (Phi) is 6.77. The van der Waals surface area contributed by atoms with Gasteiger partial charge in [0.15, 0.2) is 0 Å². The molecule has 0 aliphatic carbocycles. The molecule has 3 nitrogen and oxygen atoms in total. The topological polar surface area (TPSA) is 41.1 Å². The van der Waals surface area contributed by atoms with E-state index in [4.69, 9.17) is 0 Å². The van der Waals surface area contributed by atoms with Gasteiger partial charge >= 0.3 is 12.3 Å². The number of alkyl halides is 4. The molecule has 0 aromatic heterocycles. The van der Waals surface area contributed by atoms with Gasteiger partial charge in [-0.25, -0.2) is 8.78 Å². The number of rotatable bonds is 4. The molecule has 102 valence electrons. The summed E-state index contributed by atoms with van der Waals surface area (Å²) in [4.78, 5) is 11.3. The molecule has 1 aliphatic heterocycles. The summed E-state index contributed by atoms with van der Waals surface area (Å²) in [5, 5.41) is 4.80. The van der Waals surface area contributed by atoms with Gasteiger partial charge in [-0.3, -0.25) is 4.79 Å². The molecule has 0 radical (unpaired) electrons. The smallest absolute Gasteiger partial charge is 0.324 e. The van der Waals surface area contributed by atoms with Gasteiger partial charge in [0.2, 0.25) is 5.91 Å². The van der Waals surface area contributed by atoms with E-state index in [1.165, 1.54) is 0 Å². The quantitative estimate of drug-likeness (QED) is 0.764. The molecule has 1 amide bonds. The SMILES string of the molecule is Cl.O=C(NCC(F)(F)C(F)F)C1CCCNC1. The Morgan fingerprint density at radius 2 is 2.12 bits per heavy atom. The lowest BCUT2D eigenvalue weighted by Crippen LogP contribution is -2.46. The largest absolute Gasteiger partial charge is 0.350 e. The van der Waals surface area contributed by atoms with E-state index < -0.39 is 30.7 Å². The number of halogens is 5. The normalized spacial score (nSPS) is 20.9. The summed E-state index contributed by atoms with van der Waals surface area (Å²) in [5.74, 6) is -5.15. The standard InChI is InChI=1S/C9H14F4N2O.ClH/c10-8(11)9(12,13)5-15-7(16)6-2-1-3-14-4-6;/h6,8,14H,1-5H2,(H,15,16);1H. The van der Waals surface area contributed by atoms with Crippen molar-refractivity contribution in [3.8, 4) is 0 Å². The van der Waals surface area contributed by atoms with E-state index in [1.54, 1.807) is 0 Å². The minimum atomic E-state index is -4.16. The highest BCUT2D eigenvalue weighted by molar-refractivity contribution is 5.85. The first-order chi connectivity index (χ1) is 7.43. The minimum absolute atomic E-state index is 0. The number of piperidine rings is 1. The summed E-state index contributed by atoms with van der Waals surface area (Å²) in [5.41, 5.74) is 0. The van der Waals surface area contributed by atoms with Crippen molar-refractivity contribution in [3.05, 3.63) is 0 Å². The Bertz CT molecular complexity index is 247. The minimum Gasteiger partial charge on any atom is -0.350 e. The van der Waals surface area contributed by atoms with Gasteiger partial charge in [0.1, 0.15) is 0 Å². The summed E-state index contributed by atoms with van der Waals surface area (Å²) >= 11 is 0. The van der Waals surface area contributed by atoms with Gasteiger partial charge in [0.25, 0.3) is 0 Å². The number of amides is 1. The van der Waals surface area contributed by atoms with E-state index in [0.29, 0.717) is 13.0 Å². The first kappa shape index (κ1) is 16.4. The van der Waals surface area contributed by atoms with E-state index in [0.717, 1.165) is 13.0 Å². The van der Waals surface area contributed by atoms with Crippen LogP contribution in [0.1, 0.15) is 12.8 Å². The molecule has 1 aliphatic rings. The van der Waals surface area contributed by atoms with Crippen LogP contribution in [0.25, 0.3) is 0 Å². The predicted octanol–water partition coefficient (Wildman–Crippen LogP) is 1.42. The zero-order valence-electron chi connectivity index (χ0n) is 9.02. The lowest BCUT2D eigenvalue weighted by Gasteiger charge is -2.23. The van der Waals surface area contributed by atoms with Crippen LogP contribution in [0.15, 0.2) is 0 Å². The van der Waals surface area contributed by atoms with Gasteiger partial charge < -0.3 is 10.6 Å². The van der Waals surface area contributed by atoms with Crippen molar-refractivity contribution >= 4 is 18.3 Å². The third-order valence-electron chi connectivity index (χ3n) is 2.49. The highest BCUT2D eigenvalue weighted by Gasteiger charge is 2.41. The molecule has 0 aromatic carbocycles. The monoisotopic (exact) mass is 278 g/mol. The fourth-order valence-corrected chi connectivity index (χ4v) is 1.50. The zero-order chi connectivity index (χ0) is 12.2. The number of nitrogens with one attached hydrogen (secondary N) is 2. The first-order valence-electron chi connectivity index (χ1n) is 5.08. The lowest BCUT2D eigenvalue weighted by atomic mass is 9.99. The fourth-order valence-electron chi connectivity index (χ4n) is 1.50. The summed E-state index contributed by atoms with van der Waals surface area (Å²) in [7, 11) is 0. The van der Waals surface area contributed by atoms with Gasteiger partial charge in [-0.05, 0) is 19.4 Å². The average Bonchev–Trinajstić information content (AvgIpc) is 2.27. The maximum atomic E-state index is 12.5.